The van der Waals surface area contributed by atoms with Crippen molar-refractivity contribution in [3.8, 4) is 0 Å². The van der Waals surface area contributed by atoms with Crippen molar-refractivity contribution < 1.29 is 29.1 Å². The van der Waals surface area contributed by atoms with E-state index in [1.54, 1.807) is 12.3 Å². The van der Waals surface area contributed by atoms with Crippen molar-refractivity contribution in [1.82, 2.24) is 25.1 Å². The van der Waals surface area contributed by atoms with Crippen LogP contribution in [0.1, 0.15) is 19.8 Å². The molecule has 4 heterocycles. The van der Waals surface area contributed by atoms with Crippen molar-refractivity contribution in [2.24, 2.45) is 16.7 Å². The maximum Gasteiger partial charge on any atom is 0.352 e. The standard InChI is InChI=1S/C19H26N8O6S2/c1-19(18(20)32)3-2-4-25(19)6-10-8-34-16-13(15(29)26(16)14(10)17(30)31)23-12(28)5-22-33-7-11-9-35-27(21)24-11/h5,9,13,16,24H,2-4,6-8,21H2,1H3,(H2,20,32)(H,23,28)(H,30,31)/b22-5-/t13-,16+,19+/m1/s1. The summed E-state index contributed by atoms with van der Waals surface area (Å²) >= 11 is 2.57. The number of hydrogen-bond donors (Lipinski definition) is 5. The van der Waals surface area contributed by atoms with Gasteiger partial charge in [0.1, 0.15) is 23.3 Å². The normalized spacial score (nSPS) is 29.0. The summed E-state index contributed by atoms with van der Waals surface area (Å²) in [7, 11) is 0. The van der Waals surface area contributed by atoms with Crippen molar-refractivity contribution >= 4 is 53.6 Å². The first-order valence-corrected chi connectivity index (χ1v) is 12.6. The van der Waals surface area contributed by atoms with Gasteiger partial charge in [0.25, 0.3) is 11.8 Å². The van der Waals surface area contributed by atoms with Gasteiger partial charge in [-0.2, -0.15) is 0 Å². The van der Waals surface area contributed by atoms with Crippen LogP contribution >= 0.6 is 23.7 Å². The Morgan fingerprint density at radius 2 is 2.23 bits per heavy atom. The fourth-order valence-electron chi connectivity index (χ4n) is 4.35. The average molecular weight is 527 g/mol. The first kappa shape index (κ1) is 25.3. The number of thioether (sulfide) groups is 1. The van der Waals surface area contributed by atoms with Crippen LogP contribution in [0.2, 0.25) is 0 Å². The second-order valence-electron chi connectivity index (χ2n) is 8.51. The molecular weight excluding hydrogens is 500 g/mol. The number of carbonyl (C=O) groups excluding carboxylic acids is 3. The molecule has 0 aromatic heterocycles. The van der Waals surface area contributed by atoms with Gasteiger partial charge in [0.05, 0.1) is 11.2 Å². The molecule has 35 heavy (non-hydrogen) atoms. The number of fused-ring (bicyclic) bond motifs is 1. The lowest BCUT2D eigenvalue weighted by Gasteiger charge is -2.49. The summed E-state index contributed by atoms with van der Waals surface area (Å²) in [5, 5.41) is 17.1. The molecule has 2 saturated heterocycles. The Labute approximate surface area is 209 Å². The van der Waals surface area contributed by atoms with Crippen molar-refractivity contribution in [2.75, 3.05) is 25.4 Å². The molecule has 0 aliphatic carbocycles. The van der Waals surface area contributed by atoms with Crippen LogP contribution in [0.4, 0.5) is 0 Å². The van der Waals surface area contributed by atoms with E-state index >= 15 is 0 Å². The van der Waals surface area contributed by atoms with Gasteiger partial charge in [-0.05, 0) is 43.8 Å². The van der Waals surface area contributed by atoms with E-state index in [-0.39, 0.29) is 18.8 Å². The van der Waals surface area contributed by atoms with Gasteiger partial charge in [0.15, 0.2) is 6.61 Å². The number of nitrogens with two attached hydrogens (primary N) is 2. The minimum Gasteiger partial charge on any atom is -0.477 e. The first-order valence-electron chi connectivity index (χ1n) is 10.7. The van der Waals surface area contributed by atoms with Crippen LogP contribution in [-0.4, -0.2) is 91.7 Å². The van der Waals surface area contributed by atoms with E-state index in [4.69, 9.17) is 16.4 Å². The van der Waals surface area contributed by atoms with Crippen LogP contribution < -0.4 is 22.3 Å². The second kappa shape index (κ2) is 10.1. The number of hydrazine groups is 2. The van der Waals surface area contributed by atoms with Gasteiger partial charge in [-0.15, -0.1) is 11.8 Å². The summed E-state index contributed by atoms with van der Waals surface area (Å²) in [5.74, 6) is 2.97. The van der Waals surface area contributed by atoms with E-state index in [9.17, 15) is 24.3 Å². The van der Waals surface area contributed by atoms with E-state index in [0.717, 1.165) is 12.6 Å². The van der Waals surface area contributed by atoms with Gasteiger partial charge >= 0.3 is 5.97 Å². The summed E-state index contributed by atoms with van der Waals surface area (Å²) in [5.41, 5.74) is 8.60. The molecule has 0 spiro atoms. The van der Waals surface area contributed by atoms with Gasteiger partial charge in [0.2, 0.25) is 5.91 Å². The van der Waals surface area contributed by atoms with Crippen LogP contribution in [0.3, 0.4) is 0 Å². The van der Waals surface area contributed by atoms with Crippen LogP contribution in [0.25, 0.3) is 0 Å². The summed E-state index contributed by atoms with van der Waals surface area (Å²) < 4.78 is 1.28. The van der Waals surface area contributed by atoms with E-state index in [1.165, 1.54) is 33.1 Å². The number of nitrogens with zero attached hydrogens (tertiary/aromatic N) is 4. The SMILES string of the molecule is C[C@@]1(C(N)=O)CCCN1CC1=C(C(=O)O)N2C(=O)[C@@H](NC(=O)/C=N\OCC3=CSN(N)N3)[C@@H]2SC1. The Morgan fingerprint density at radius 1 is 1.46 bits per heavy atom. The molecule has 14 nitrogen and oxygen atoms in total. The summed E-state index contributed by atoms with van der Waals surface area (Å²) in [4.78, 5) is 57.2. The third kappa shape index (κ3) is 4.97. The van der Waals surface area contributed by atoms with Crippen molar-refractivity contribution in [3.63, 3.8) is 0 Å². The first-order chi connectivity index (χ1) is 16.6. The van der Waals surface area contributed by atoms with Crippen LogP contribution in [0.15, 0.2) is 27.5 Å². The number of carboxylic acid groups (broad SMARTS) is 1. The number of aliphatic carboxylic acids is 1. The van der Waals surface area contributed by atoms with Gasteiger partial charge < -0.3 is 21.0 Å². The molecule has 3 atom stereocenters. The van der Waals surface area contributed by atoms with E-state index in [0.29, 0.717) is 30.0 Å². The number of hydrogen-bond acceptors (Lipinski definition) is 12. The lowest BCUT2D eigenvalue weighted by Crippen LogP contribution is -2.71. The van der Waals surface area contributed by atoms with Crippen molar-refractivity contribution in [1.29, 1.82) is 0 Å². The molecule has 0 aromatic rings. The zero-order valence-electron chi connectivity index (χ0n) is 18.8. The summed E-state index contributed by atoms with van der Waals surface area (Å²) in [6.07, 6.45) is 2.27. The number of oxime groups is 1. The number of carboxylic acids is 1. The third-order valence-electron chi connectivity index (χ3n) is 6.28. The zero-order valence-corrected chi connectivity index (χ0v) is 20.4. The van der Waals surface area contributed by atoms with Gasteiger partial charge in [0, 0.05) is 17.7 Å². The molecule has 7 N–H and O–H groups in total. The average Bonchev–Trinajstić information content (AvgIpc) is 3.40. The number of β-lactam (4-membered cyclic amide) rings is 1. The van der Waals surface area contributed by atoms with Crippen molar-refractivity contribution in [3.05, 3.63) is 22.4 Å². The van der Waals surface area contributed by atoms with Gasteiger partial charge in [-0.1, -0.05) is 9.68 Å². The van der Waals surface area contributed by atoms with Crippen LogP contribution in [-0.2, 0) is 24.0 Å². The minimum atomic E-state index is -1.23. The molecule has 0 bridgehead atoms. The van der Waals surface area contributed by atoms with Crippen LogP contribution in [0.5, 0.6) is 0 Å². The number of amides is 3. The quantitative estimate of drug-likeness (QED) is 0.0748. The molecule has 0 aromatic carbocycles. The largest absolute Gasteiger partial charge is 0.477 e. The van der Waals surface area contributed by atoms with Crippen LogP contribution in [0, 0.1) is 0 Å². The van der Waals surface area contributed by atoms with E-state index < -0.39 is 40.6 Å². The second-order valence-corrected chi connectivity index (χ2v) is 10.5. The number of primary amides is 1. The number of nitrogens with one attached hydrogen (secondary N) is 2. The zero-order chi connectivity index (χ0) is 25.3. The predicted octanol–water partition coefficient (Wildman–Crippen LogP) is -1.75. The predicted molar refractivity (Wildman–Crippen MR) is 127 cm³/mol. The van der Waals surface area contributed by atoms with Gasteiger partial charge in [-0.25, -0.2) is 10.6 Å². The molecule has 0 saturated carbocycles. The Bertz CT molecular complexity index is 1030. The molecule has 190 valence electrons. The monoisotopic (exact) mass is 526 g/mol. The molecule has 4 aliphatic rings. The Morgan fingerprint density at radius 3 is 2.89 bits per heavy atom. The highest BCUT2D eigenvalue weighted by atomic mass is 32.2. The Balaban J connectivity index is 1.37. The summed E-state index contributed by atoms with van der Waals surface area (Å²) in [6.45, 7) is 2.65. The Hall–Kier alpha value is -2.79. The van der Waals surface area contributed by atoms with Gasteiger partial charge in [-0.3, -0.25) is 29.6 Å². The fraction of sp³-hybridized carbons (Fsp3) is 0.526. The smallest absolute Gasteiger partial charge is 0.352 e. The molecular formula is C19H26N8O6S2. The summed E-state index contributed by atoms with van der Waals surface area (Å²) in [6, 6.07) is -0.890. The van der Waals surface area contributed by atoms with E-state index in [2.05, 4.69) is 15.9 Å². The topological polar surface area (TPSA) is 196 Å². The number of carbonyl (C=O) groups is 4. The fourth-order valence-corrected chi connectivity index (χ4v) is 6.22. The maximum atomic E-state index is 12.8. The number of rotatable bonds is 9. The molecule has 2 fully saturated rings. The highest BCUT2D eigenvalue weighted by Crippen LogP contribution is 2.41. The lowest BCUT2D eigenvalue weighted by molar-refractivity contribution is -0.150. The van der Waals surface area contributed by atoms with Crippen molar-refractivity contribution in [2.45, 2.75) is 36.7 Å². The highest BCUT2D eigenvalue weighted by Gasteiger charge is 2.54. The molecule has 16 heteroatoms. The highest BCUT2D eigenvalue weighted by molar-refractivity contribution is 8.00. The maximum absolute atomic E-state index is 12.8. The van der Waals surface area contributed by atoms with E-state index in [1.807, 2.05) is 4.90 Å². The molecule has 0 unspecified atom stereocenters. The molecule has 3 amide bonds. The molecule has 0 radical (unpaired) electrons. The number of likely N-dealkylation sites (tertiary alicyclic amines) is 1. The molecule has 4 aliphatic heterocycles. The lowest BCUT2D eigenvalue weighted by atomic mass is 9.97. The molecule has 4 rings (SSSR count). The third-order valence-corrected chi connectivity index (χ3v) is 8.32. The minimum absolute atomic E-state index is 0.0699. The Kier molecular flexibility index (Phi) is 7.27.